The van der Waals surface area contributed by atoms with E-state index >= 15 is 0 Å². The average Bonchev–Trinajstić information content (AvgIpc) is 2.48. The van der Waals surface area contributed by atoms with Crippen LogP contribution in [0.3, 0.4) is 0 Å². The highest BCUT2D eigenvalue weighted by molar-refractivity contribution is 5.97. The fraction of sp³-hybridized carbons (Fsp3) is 0.467. The molecule has 0 bridgehead atoms. The van der Waals surface area contributed by atoms with E-state index in [1.807, 2.05) is 13.8 Å². The summed E-state index contributed by atoms with van der Waals surface area (Å²) >= 11 is 0. The predicted octanol–water partition coefficient (Wildman–Crippen LogP) is 0.752. The molecule has 2 amide bonds. The van der Waals surface area contributed by atoms with Gasteiger partial charge < -0.3 is 20.7 Å². The standard InChI is InChI=1S/C15H21N3O3/c1-10(2)17-14(19)11-3-5-12(6-4-11)18-15(20)13-9-16-7-8-21-13/h3-6,10,13,16H,7-9H2,1-2H3,(H,17,19)(H,18,20). The molecule has 2 rings (SSSR count). The molecule has 6 nitrogen and oxygen atoms in total. The lowest BCUT2D eigenvalue weighted by Gasteiger charge is -2.22. The van der Waals surface area contributed by atoms with Crippen LogP contribution in [0.2, 0.25) is 0 Å². The highest BCUT2D eigenvalue weighted by Gasteiger charge is 2.21. The van der Waals surface area contributed by atoms with Crippen LogP contribution in [-0.4, -0.2) is 43.7 Å². The van der Waals surface area contributed by atoms with Crippen LogP contribution in [0.15, 0.2) is 24.3 Å². The van der Waals surface area contributed by atoms with E-state index in [9.17, 15) is 9.59 Å². The van der Waals surface area contributed by atoms with E-state index in [-0.39, 0.29) is 17.9 Å². The van der Waals surface area contributed by atoms with Gasteiger partial charge in [0.15, 0.2) is 0 Å². The number of benzene rings is 1. The monoisotopic (exact) mass is 291 g/mol. The third kappa shape index (κ3) is 4.54. The second kappa shape index (κ2) is 7.19. The molecule has 0 aliphatic carbocycles. The number of carbonyl (C=O) groups is 2. The maximum absolute atomic E-state index is 12.0. The minimum absolute atomic E-state index is 0.0906. The summed E-state index contributed by atoms with van der Waals surface area (Å²) in [6, 6.07) is 6.89. The molecule has 0 saturated carbocycles. The van der Waals surface area contributed by atoms with Gasteiger partial charge in [0.05, 0.1) is 6.61 Å². The molecule has 6 heteroatoms. The Labute approximate surface area is 124 Å². The Hall–Kier alpha value is -1.92. The van der Waals surface area contributed by atoms with Crippen LogP contribution < -0.4 is 16.0 Å². The van der Waals surface area contributed by atoms with Crippen molar-refractivity contribution < 1.29 is 14.3 Å². The highest BCUT2D eigenvalue weighted by atomic mass is 16.5. The summed E-state index contributed by atoms with van der Waals surface area (Å²) in [5, 5.41) is 8.70. The maximum Gasteiger partial charge on any atom is 0.254 e. The normalized spacial score (nSPS) is 18.3. The number of hydrogen-bond acceptors (Lipinski definition) is 4. The molecule has 3 N–H and O–H groups in total. The van der Waals surface area contributed by atoms with Crippen molar-refractivity contribution in [1.29, 1.82) is 0 Å². The summed E-state index contributed by atoms with van der Waals surface area (Å²) in [4.78, 5) is 23.8. The fourth-order valence-corrected chi connectivity index (χ4v) is 2.01. The van der Waals surface area contributed by atoms with Gasteiger partial charge in [0.1, 0.15) is 6.10 Å². The molecule has 0 radical (unpaired) electrons. The number of carbonyl (C=O) groups excluding carboxylic acids is 2. The van der Waals surface area contributed by atoms with Gasteiger partial charge in [0.25, 0.3) is 11.8 Å². The van der Waals surface area contributed by atoms with E-state index in [1.54, 1.807) is 24.3 Å². The first-order chi connectivity index (χ1) is 10.1. The van der Waals surface area contributed by atoms with Gasteiger partial charge in [-0.3, -0.25) is 9.59 Å². The van der Waals surface area contributed by atoms with E-state index in [0.29, 0.717) is 24.4 Å². The van der Waals surface area contributed by atoms with Crippen molar-refractivity contribution in [3.05, 3.63) is 29.8 Å². The second-order valence-electron chi connectivity index (χ2n) is 5.26. The smallest absolute Gasteiger partial charge is 0.254 e. The lowest BCUT2D eigenvalue weighted by Crippen LogP contribution is -2.45. The van der Waals surface area contributed by atoms with Crippen molar-refractivity contribution in [3.63, 3.8) is 0 Å². The Kier molecular flexibility index (Phi) is 5.30. The average molecular weight is 291 g/mol. The summed E-state index contributed by atoms with van der Waals surface area (Å²) < 4.78 is 5.38. The third-order valence-corrected chi connectivity index (χ3v) is 3.05. The number of morpholine rings is 1. The van der Waals surface area contributed by atoms with Gasteiger partial charge in [0, 0.05) is 30.4 Å². The van der Waals surface area contributed by atoms with Gasteiger partial charge in [-0.1, -0.05) is 0 Å². The van der Waals surface area contributed by atoms with Gasteiger partial charge in [-0.25, -0.2) is 0 Å². The van der Waals surface area contributed by atoms with Gasteiger partial charge in [-0.15, -0.1) is 0 Å². The predicted molar refractivity (Wildman–Crippen MR) is 80.3 cm³/mol. The molecule has 1 unspecified atom stereocenters. The molecular weight excluding hydrogens is 270 g/mol. The zero-order valence-corrected chi connectivity index (χ0v) is 12.3. The van der Waals surface area contributed by atoms with Crippen LogP contribution in [0, 0.1) is 0 Å². The van der Waals surface area contributed by atoms with Crippen LogP contribution >= 0.6 is 0 Å². The number of amides is 2. The number of rotatable bonds is 4. The first-order valence-corrected chi connectivity index (χ1v) is 7.10. The molecule has 1 aliphatic rings. The molecule has 1 saturated heterocycles. The van der Waals surface area contributed by atoms with E-state index < -0.39 is 6.10 Å². The molecule has 1 aromatic carbocycles. The maximum atomic E-state index is 12.0. The lowest BCUT2D eigenvalue weighted by molar-refractivity contribution is -0.128. The number of nitrogens with one attached hydrogen (secondary N) is 3. The van der Waals surface area contributed by atoms with Crippen LogP contribution in [0.4, 0.5) is 5.69 Å². The molecule has 21 heavy (non-hydrogen) atoms. The first-order valence-electron chi connectivity index (χ1n) is 7.10. The minimum atomic E-state index is -0.470. The Balaban J connectivity index is 1.92. The first kappa shape index (κ1) is 15.5. The molecule has 1 atom stereocenters. The summed E-state index contributed by atoms with van der Waals surface area (Å²) in [5.74, 6) is -0.302. The number of anilines is 1. The summed E-state index contributed by atoms with van der Waals surface area (Å²) in [6.45, 7) is 5.63. The Bertz CT molecular complexity index is 493. The lowest BCUT2D eigenvalue weighted by atomic mass is 10.1. The van der Waals surface area contributed by atoms with Crippen molar-refractivity contribution in [2.75, 3.05) is 25.0 Å². The van der Waals surface area contributed by atoms with Crippen LogP contribution in [0.25, 0.3) is 0 Å². The molecule has 0 aromatic heterocycles. The molecule has 1 fully saturated rings. The molecule has 114 valence electrons. The molecule has 1 heterocycles. The largest absolute Gasteiger partial charge is 0.366 e. The van der Waals surface area contributed by atoms with Crippen molar-refractivity contribution in [2.24, 2.45) is 0 Å². The zero-order chi connectivity index (χ0) is 15.2. The third-order valence-electron chi connectivity index (χ3n) is 3.05. The number of ether oxygens (including phenoxy) is 1. The van der Waals surface area contributed by atoms with Crippen LogP contribution in [0.1, 0.15) is 24.2 Å². The zero-order valence-electron chi connectivity index (χ0n) is 12.3. The molecule has 1 aliphatic heterocycles. The highest BCUT2D eigenvalue weighted by Crippen LogP contribution is 2.11. The molecular formula is C15H21N3O3. The Morgan fingerprint density at radius 2 is 2.00 bits per heavy atom. The summed E-state index contributed by atoms with van der Waals surface area (Å²) in [5.41, 5.74) is 1.22. The topological polar surface area (TPSA) is 79.5 Å². The fourth-order valence-electron chi connectivity index (χ4n) is 2.01. The molecule has 1 aromatic rings. The minimum Gasteiger partial charge on any atom is -0.366 e. The van der Waals surface area contributed by atoms with Gasteiger partial charge in [-0.2, -0.15) is 0 Å². The number of hydrogen-bond donors (Lipinski definition) is 3. The van der Waals surface area contributed by atoms with Crippen molar-refractivity contribution in [2.45, 2.75) is 26.0 Å². The van der Waals surface area contributed by atoms with E-state index in [0.717, 1.165) is 6.54 Å². The quantitative estimate of drug-likeness (QED) is 0.765. The van der Waals surface area contributed by atoms with Gasteiger partial charge in [0.2, 0.25) is 0 Å². The van der Waals surface area contributed by atoms with Crippen LogP contribution in [0.5, 0.6) is 0 Å². The van der Waals surface area contributed by atoms with E-state index in [4.69, 9.17) is 4.74 Å². The van der Waals surface area contributed by atoms with Crippen molar-refractivity contribution in [3.8, 4) is 0 Å². The van der Waals surface area contributed by atoms with Crippen molar-refractivity contribution >= 4 is 17.5 Å². The Morgan fingerprint density at radius 1 is 1.29 bits per heavy atom. The van der Waals surface area contributed by atoms with Gasteiger partial charge >= 0.3 is 0 Å². The summed E-state index contributed by atoms with van der Waals surface area (Å²) in [7, 11) is 0. The molecule has 0 spiro atoms. The van der Waals surface area contributed by atoms with E-state index in [1.165, 1.54) is 0 Å². The van der Waals surface area contributed by atoms with Crippen LogP contribution in [-0.2, 0) is 9.53 Å². The Morgan fingerprint density at radius 3 is 2.57 bits per heavy atom. The SMILES string of the molecule is CC(C)NC(=O)c1ccc(NC(=O)C2CNCCO2)cc1. The van der Waals surface area contributed by atoms with Crippen molar-refractivity contribution in [1.82, 2.24) is 10.6 Å². The van der Waals surface area contributed by atoms with Gasteiger partial charge in [-0.05, 0) is 38.1 Å². The summed E-state index contributed by atoms with van der Waals surface area (Å²) in [6.07, 6.45) is -0.470. The second-order valence-corrected chi connectivity index (χ2v) is 5.26. The van der Waals surface area contributed by atoms with E-state index in [2.05, 4.69) is 16.0 Å².